The zero-order valence-corrected chi connectivity index (χ0v) is 26.7. The number of pyridine rings is 1. The minimum atomic E-state index is -4.61. The van der Waals surface area contributed by atoms with Crippen LogP contribution in [0, 0.1) is 11.3 Å². The summed E-state index contributed by atoms with van der Waals surface area (Å²) in [4.78, 5) is 20.0. The minimum Gasteiger partial charge on any atom is -0.371 e. The first-order valence-electron chi connectivity index (χ1n) is 16.3. The highest BCUT2D eigenvalue weighted by molar-refractivity contribution is 5.87. The maximum atomic E-state index is 14.2. The molecule has 7 rings (SSSR count). The molecule has 1 saturated heterocycles. The van der Waals surface area contributed by atoms with Gasteiger partial charge in [0.25, 0.3) is 0 Å². The van der Waals surface area contributed by atoms with Gasteiger partial charge >= 0.3 is 12.4 Å². The maximum Gasteiger partial charge on any atom is 0.417 e. The van der Waals surface area contributed by atoms with Gasteiger partial charge in [-0.3, -0.25) is 9.78 Å². The van der Waals surface area contributed by atoms with Gasteiger partial charge in [-0.15, -0.1) is 0 Å². The van der Waals surface area contributed by atoms with E-state index in [1.807, 2.05) is 0 Å². The fraction of sp³-hybridized carbons (Fsp3) is 0.472. The van der Waals surface area contributed by atoms with E-state index < -0.39 is 23.5 Å². The zero-order valence-electron chi connectivity index (χ0n) is 26.7. The van der Waals surface area contributed by atoms with Crippen LogP contribution in [0.25, 0.3) is 22.2 Å². The molecule has 254 valence electrons. The van der Waals surface area contributed by atoms with Crippen LogP contribution in [-0.4, -0.2) is 48.1 Å². The summed E-state index contributed by atoms with van der Waals surface area (Å²) in [6.07, 6.45) is -3.21. The third-order valence-electron chi connectivity index (χ3n) is 10.4. The number of likely N-dealkylation sites (N-methyl/N-ethyl adjacent to an activating group) is 1. The highest BCUT2D eigenvalue weighted by atomic mass is 19.4. The molecule has 3 fully saturated rings. The van der Waals surface area contributed by atoms with E-state index in [2.05, 4.69) is 15.0 Å². The van der Waals surface area contributed by atoms with Crippen LogP contribution in [0.3, 0.4) is 0 Å². The number of benzene rings is 2. The number of fused-ring (bicyclic) bond motifs is 1. The number of amides is 1. The van der Waals surface area contributed by atoms with Crippen LogP contribution in [0.4, 0.5) is 32.0 Å². The quantitative estimate of drug-likeness (QED) is 0.184. The maximum absolute atomic E-state index is 14.2. The van der Waals surface area contributed by atoms with Crippen LogP contribution in [0.15, 0.2) is 53.1 Å². The van der Waals surface area contributed by atoms with Crippen molar-refractivity contribution in [3.05, 3.63) is 76.7 Å². The minimum absolute atomic E-state index is 0.00753. The van der Waals surface area contributed by atoms with Gasteiger partial charge in [0.1, 0.15) is 11.5 Å². The van der Waals surface area contributed by atoms with Crippen LogP contribution >= 0.6 is 0 Å². The van der Waals surface area contributed by atoms with Crippen molar-refractivity contribution < 1.29 is 35.7 Å². The predicted octanol–water partition coefficient (Wildman–Crippen LogP) is 8.67. The molecule has 0 N–H and O–H groups in total. The third-order valence-corrected chi connectivity index (χ3v) is 10.4. The Kier molecular flexibility index (Phi) is 7.98. The van der Waals surface area contributed by atoms with Gasteiger partial charge in [0.15, 0.2) is 0 Å². The number of hydrogen-bond acceptors (Lipinski definition) is 5. The van der Waals surface area contributed by atoms with Crippen LogP contribution in [0.5, 0.6) is 0 Å². The van der Waals surface area contributed by atoms with E-state index in [0.29, 0.717) is 36.8 Å². The summed E-state index contributed by atoms with van der Waals surface area (Å²) in [6.45, 7) is 1.38. The Morgan fingerprint density at radius 2 is 1.65 bits per heavy atom. The second kappa shape index (κ2) is 11.8. The van der Waals surface area contributed by atoms with Crippen LogP contribution in [-0.2, 0) is 30.0 Å². The van der Waals surface area contributed by atoms with E-state index in [1.54, 1.807) is 38.4 Å². The number of alkyl halides is 6. The van der Waals surface area contributed by atoms with Gasteiger partial charge in [0.05, 0.1) is 28.8 Å². The Labute approximate surface area is 274 Å². The van der Waals surface area contributed by atoms with Crippen LogP contribution in [0.1, 0.15) is 72.6 Å². The van der Waals surface area contributed by atoms with Gasteiger partial charge in [-0.2, -0.15) is 26.3 Å². The molecular weight excluding hydrogens is 634 g/mol. The molecule has 6 nitrogen and oxygen atoms in total. The second-order valence-corrected chi connectivity index (χ2v) is 14.0. The summed E-state index contributed by atoms with van der Waals surface area (Å²) in [5.74, 6) is 0.890. The Hall–Kier alpha value is -4.09. The van der Waals surface area contributed by atoms with Crippen LogP contribution in [0.2, 0.25) is 0 Å². The number of anilines is 1. The second-order valence-electron chi connectivity index (χ2n) is 14.0. The molecule has 2 aromatic carbocycles. The fourth-order valence-corrected chi connectivity index (χ4v) is 7.68. The van der Waals surface area contributed by atoms with Gasteiger partial charge in [-0.25, -0.2) is 0 Å². The van der Waals surface area contributed by atoms with Gasteiger partial charge < -0.3 is 14.3 Å². The molecule has 1 aliphatic heterocycles. The molecule has 3 heterocycles. The monoisotopic (exact) mass is 670 g/mol. The van der Waals surface area contributed by atoms with Gasteiger partial charge in [-0.1, -0.05) is 23.4 Å². The summed E-state index contributed by atoms with van der Waals surface area (Å²) < 4.78 is 89.8. The fourth-order valence-electron chi connectivity index (χ4n) is 7.68. The molecule has 0 atom stereocenters. The number of aromatic nitrogens is 2. The normalized spacial score (nSPS) is 18.4. The lowest BCUT2D eigenvalue weighted by atomic mass is 9.56. The third kappa shape index (κ3) is 6.25. The molecule has 2 saturated carbocycles. The average Bonchev–Trinajstić information content (AvgIpc) is 3.78. The Balaban J connectivity index is 1.05. The topological polar surface area (TPSA) is 62.5 Å². The molecule has 1 amide bonds. The van der Waals surface area contributed by atoms with Crippen molar-refractivity contribution in [3.63, 3.8) is 0 Å². The summed E-state index contributed by atoms with van der Waals surface area (Å²) in [5, 5.41) is 4.18. The lowest BCUT2D eigenvalue weighted by molar-refractivity contribution is -0.137. The molecule has 0 unspecified atom stereocenters. The van der Waals surface area contributed by atoms with E-state index >= 15 is 0 Å². The Morgan fingerprint density at radius 3 is 2.29 bits per heavy atom. The summed E-state index contributed by atoms with van der Waals surface area (Å²) in [7, 11) is 3.10. The van der Waals surface area contributed by atoms with E-state index in [4.69, 9.17) is 4.52 Å². The van der Waals surface area contributed by atoms with E-state index in [-0.39, 0.29) is 45.8 Å². The van der Waals surface area contributed by atoms with E-state index in [9.17, 15) is 31.1 Å². The first-order valence-corrected chi connectivity index (χ1v) is 16.3. The van der Waals surface area contributed by atoms with Crippen molar-refractivity contribution in [2.24, 2.45) is 11.3 Å². The predicted molar refractivity (Wildman–Crippen MR) is 168 cm³/mol. The van der Waals surface area contributed by atoms with Crippen molar-refractivity contribution in [1.82, 2.24) is 15.0 Å². The molecule has 3 aliphatic rings. The SMILES string of the molecule is CN(C)C(=O)Cc1cc(C(F)(F)F)c2cc(N3CCC4(CC3)CC(Cc3c(-c5ccccc5C(F)(F)F)noc3C3CC3)C4)ccc2n1. The molecule has 1 spiro atoms. The number of halogens is 6. The number of hydrogen-bond donors (Lipinski definition) is 0. The average molecular weight is 671 g/mol. The van der Waals surface area contributed by atoms with Crippen molar-refractivity contribution >= 4 is 22.5 Å². The lowest BCUT2D eigenvalue weighted by Crippen LogP contribution is -2.47. The number of carbonyl (C=O) groups excluding carboxylic acids is 1. The molecule has 2 aromatic heterocycles. The highest BCUT2D eigenvalue weighted by Gasteiger charge is 2.47. The van der Waals surface area contributed by atoms with Crippen molar-refractivity contribution in [3.8, 4) is 11.3 Å². The first-order chi connectivity index (χ1) is 22.7. The summed E-state index contributed by atoms with van der Waals surface area (Å²) >= 11 is 0. The van der Waals surface area contributed by atoms with Gasteiger partial charge in [0.2, 0.25) is 5.91 Å². The summed E-state index contributed by atoms with van der Waals surface area (Å²) in [6, 6.07) is 11.4. The number of rotatable bonds is 7. The highest BCUT2D eigenvalue weighted by Crippen LogP contribution is 2.55. The van der Waals surface area contributed by atoms with Gasteiger partial charge in [-0.05, 0) is 86.6 Å². The Bertz CT molecular complexity index is 1840. The van der Waals surface area contributed by atoms with E-state index in [0.717, 1.165) is 62.0 Å². The lowest BCUT2D eigenvalue weighted by Gasteiger charge is -2.53. The van der Waals surface area contributed by atoms with Crippen molar-refractivity contribution in [2.75, 3.05) is 32.1 Å². The van der Waals surface area contributed by atoms with Crippen molar-refractivity contribution in [1.29, 1.82) is 0 Å². The summed E-state index contributed by atoms with van der Waals surface area (Å²) in [5.41, 5.74) is 0.696. The van der Waals surface area contributed by atoms with Gasteiger partial charge in [0, 0.05) is 55.3 Å². The largest absolute Gasteiger partial charge is 0.417 e. The molecule has 12 heteroatoms. The number of nitrogens with zero attached hydrogens (tertiary/aromatic N) is 4. The first kappa shape index (κ1) is 32.5. The van der Waals surface area contributed by atoms with E-state index in [1.165, 1.54) is 17.0 Å². The Morgan fingerprint density at radius 1 is 0.958 bits per heavy atom. The number of piperidine rings is 1. The van der Waals surface area contributed by atoms with Crippen molar-refractivity contribution in [2.45, 2.75) is 69.6 Å². The van der Waals surface area contributed by atoms with Crippen LogP contribution < -0.4 is 4.90 Å². The molecule has 0 radical (unpaired) electrons. The standard InChI is InChI=1S/C36H36F6N4O2/c1-45(2)31(47)17-23-16-29(36(40,41)42)26-18-24(9-10-30(26)43-23)46-13-11-34(12-14-46)19-21(20-34)15-27-32(44-48-33(27)22-7-8-22)25-5-3-4-6-28(25)35(37,38)39/h3-6,9-10,16,18,21-22H,7-8,11-15,17,19-20H2,1-2H3. The zero-order chi connectivity index (χ0) is 34.0. The molecule has 48 heavy (non-hydrogen) atoms. The molecule has 0 bridgehead atoms. The number of carbonyl (C=O) groups is 1. The molecule has 4 aromatic rings. The smallest absolute Gasteiger partial charge is 0.371 e. The molecule has 2 aliphatic carbocycles. The molecular formula is C36H36F6N4O2.